The number of rotatable bonds is 8. The van der Waals surface area contributed by atoms with E-state index < -0.39 is 0 Å². The van der Waals surface area contributed by atoms with E-state index in [-0.39, 0.29) is 22.3 Å². The molecule has 0 atom stereocenters. The second-order valence-corrected chi connectivity index (χ2v) is 20.2. The van der Waals surface area contributed by atoms with Crippen LogP contribution in [0.15, 0.2) is 308 Å². The highest BCUT2D eigenvalue weighted by Crippen LogP contribution is 2.37. The zero-order valence-electron chi connectivity index (χ0n) is 42.4. The third-order valence-electron chi connectivity index (χ3n) is 14.3. The summed E-state index contributed by atoms with van der Waals surface area (Å²) in [5.74, 6) is 0. The third-order valence-corrected chi connectivity index (χ3v) is 14.9. The van der Waals surface area contributed by atoms with Gasteiger partial charge >= 0.3 is 0 Å². The molecule has 0 amide bonds. The molecule has 14 aromatic rings. The summed E-state index contributed by atoms with van der Waals surface area (Å²) in [4.78, 5) is 0. The fourth-order valence-electron chi connectivity index (χ4n) is 10.5. The lowest BCUT2D eigenvalue weighted by molar-refractivity contribution is 1.18. The number of hydrogen-bond donors (Lipinski definition) is 1. The van der Waals surface area contributed by atoms with Crippen molar-refractivity contribution in [2.75, 3.05) is 5.73 Å². The molecule has 12 aromatic carbocycles. The fourth-order valence-corrected chi connectivity index (χ4v) is 10.7. The molecule has 0 unspecified atom stereocenters. The van der Waals surface area contributed by atoms with E-state index in [1.165, 1.54) is 111 Å². The van der Waals surface area contributed by atoms with Gasteiger partial charge < -0.3 is 14.9 Å². The van der Waals surface area contributed by atoms with E-state index in [1.54, 1.807) is 0 Å². The van der Waals surface area contributed by atoms with E-state index >= 15 is 0 Å². The Morgan fingerprint density at radius 3 is 0.950 bits per heavy atom. The summed E-state index contributed by atoms with van der Waals surface area (Å²) in [5, 5.41) is 5.13. The molecule has 0 saturated carbocycles. The van der Waals surface area contributed by atoms with Crippen molar-refractivity contribution in [3.05, 3.63) is 319 Å². The first-order valence-corrected chi connectivity index (χ1v) is 26.9. The number of para-hydroxylation sites is 4. The van der Waals surface area contributed by atoms with Crippen LogP contribution in [0.3, 0.4) is 0 Å². The van der Waals surface area contributed by atoms with E-state index in [2.05, 4.69) is 286 Å². The van der Waals surface area contributed by atoms with E-state index in [1.807, 2.05) is 42.5 Å². The van der Waals surface area contributed by atoms with Gasteiger partial charge in [-0.1, -0.05) is 257 Å². The number of benzene rings is 12. The average molecular weight is 1100 g/mol. The quantitative estimate of drug-likeness (QED) is 0.151. The van der Waals surface area contributed by atoms with Crippen molar-refractivity contribution in [1.82, 2.24) is 9.13 Å². The van der Waals surface area contributed by atoms with Crippen LogP contribution in [0.25, 0.3) is 99.5 Å². The second-order valence-electron chi connectivity index (χ2n) is 19.3. The molecule has 0 spiro atoms. The Hall–Kier alpha value is -9.48. The number of anilines is 1. The minimum atomic E-state index is 0. The van der Waals surface area contributed by atoms with E-state index in [9.17, 15) is 0 Å². The maximum absolute atomic E-state index is 5.60. The van der Waals surface area contributed by atoms with Gasteiger partial charge in [-0.15, -0.1) is 0 Å². The number of nitrogens with two attached hydrogens (primary N) is 1. The Labute approximate surface area is 480 Å². The molecule has 4 heteroatoms. The molecule has 0 aliphatic rings. The first kappa shape index (κ1) is 55.3. The second kappa shape index (κ2) is 25.3. The summed E-state index contributed by atoms with van der Waals surface area (Å²) >= 11 is 3.52. The predicted octanol–water partition coefficient (Wildman–Crippen LogP) is 21.8. The van der Waals surface area contributed by atoms with Gasteiger partial charge in [-0.3, -0.25) is 0 Å². The summed E-state index contributed by atoms with van der Waals surface area (Å²) in [5.41, 5.74) is 26.3. The van der Waals surface area contributed by atoms with Gasteiger partial charge in [-0.2, -0.15) is 0 Å². The SMILES string of the molecule is Brc1ccc(-c2ccc3c(c2)c2ccccc2n3-c2ccccc2)cc1.C.C.C.Nc1ccc(-c2ccccc2)cc1.c1ccc(-c2ccc(Cc3ccc(-c4ccc5c(c4)c4ccccc4n5-c4ccccc4)cc3)cc2)cc1. The molecule has 0 fully saturated rings. The number of nitrogen functional groups attached to an aromatic ring is 1. The van der Waals surface area contributed by atoms with Crippen LogP contribution in [0.1, 0.15) is 33.4 Å². The van der Waals surface area contributed by atoms with Gasteiger partial charge in [0.25, 0.3) is 0 Å². The van der Waals surface area contributed by atoms with E-state index in [4.69, 9.17) is 5.73 Å². The van der Waals surface area contributed by atoms with Crippen molar-refractivity contribution in [3.63, 3.8) is 0 Å². The molecule has 0 bridgehead atoms. The van der Waals surface area contributed by atoms with Gasteiger partial charge in [0.15, 0.2) is 0 Å². The smallest absolute Gasteiger partial charge is 0.0541 e. The van der Waals surface area contributed by atoms with Crippen LogP contribution in [-0.4, -0.2) is 9.13 Å². The van der Waals surface area contributed by atoms with Crippen molar-refractivity contribution in [3.8, 4) is 55.9 Å². The maximum atomic E-state index is 5.60. The Morgan fingerprint density at radius 2 is 0.550 bits per heavy atom. The van der Waals surface area contributed by atoms with E-state index in [0.717, 1.165) is 16.6 Å². The molecular weight excluding hydrogens is 1030 g/mol. The molecule has 0 saturated heterocycles. The van der Waals surface area contributed by atoms with Crippen molar-refractivity contribution in [2.45, 2.75) is 28.7 Å². The molecule has 2 aromatic heterocycles. The molecule has 0 aliphatic carbocycles. The number of nitrogens with zero attached hydrogens (tertiary/aromatic N) is 2. The molecule has 3 nitrogen and oxygen atoms in total. The highest BCUT2D eigenvalue weighted by atomic mass is 79.9. The molecular formula is C76H66BrN3. The van der Waals surface area contributed by atoms with Crippen LogP contribution in [0.5, 0.6) is 0 Å². The lowest BCUT2D eigenvalue weighted by Crippen LogP contribution is -1.92. The molecule has 392 valence electrons. The Bertz CT molecular complexity index is 4240. The molecule has 14 rings (SSSR count). The van der Waals surface area contributed by atoms with Gasteiger partial charge in [-0.05, 0) is 147 Å². The normalized spacial score (nSPS) is 10.6. The molecule has 2 heterocycles. The van der Waals surface area contributed by atoms with E-state index in [0.29, 0.717) is 0 Å². The lowest BCUT2D eigenvalue weighted by atomic mass is 9.98. The third kappa shape index (κ3) is 11.8. The van der Waals surface area contributed by atoms with Crippen LogP contribution in [0.2, 0.25) is 0 Å². The van der Waals surface area contributed by atoms with Crippen molar-refractivity contribution in [2.24, 2.45) is 0 Å². The van der Waals surface area contributed by atoms with Crippen LogP contribution >= 0.6 is 15.9 Å². The number of hydrogen-bond acceptors (Lipinski definition) is 1. The zero-order chi connectivity index (χ0) is 51.9. The monoisotopic (exact) mass is 1100 g/mol. The van der Waals surface area contributed by atoms with Gasteiger partial charge in [0, 0.05) is 43.1 Å². The van der Waals surface area contributed by atoms with Crippen molar-refractivity contribution in [1.29, 1.82) is 0 Å². The van der Waals surface area contributed by atoms with Crippen molar-refractivity contribution >= 4 is 65.2 Å². The van der Waals surface area contributed by atoms with Crippen LogP contribution < -0.4 is 5.73 Å². The molecule has 0 radical (unpaired) electrons. The van der Waals surface area contributed by atoms with Crippen LogP contribution in [0, 0.1) is 0 Å². The fraction of sp³-hybridized carbons (Fsp3) is 0.0526. The maximum Gasteiger partial charge on any atom is 0.0541 e. The minimum Gasteiger partial charge on any atom is -0.399 e. The van der Waals surface area contributed by atoms with Gasteiger partial charge in [0.1, 0.15) is 0 Å². The van der Waals surface area contributed by atoms with Gasteiger partial charge in [0.2, 0.25) is 0 Å². The van der Waals surface area contributed by atoms with Crippen LogP contribution in [-0.2, 0) is 6.42 Å². The highest BCUT2D eigenvalue weighted by Gasteiger charge is 2.15. The Kier molecular flexibility index (Phi) is 17.5. The van der Waals surface area contributed by atoms with Crippen molar-refractivity contribution < 1.29 is 0 Å². The Morgan fingerprint density at radius 1 is 0.263 bits per heavy atom. The summed E-state index contributed by atoms with van der Waals surface area (Å²) in [6.45, 7) is 0. The Balaban J connectivity index is 0.000000159. The number of halogens is 1. The first-order chi connectivity index (χ1) is 38.0. The van der Waals surface area contributed by atoms with Crippen LogP contribution in [0.4, 0.5) is 5.69 Å². The summed E-state index contributed by atoms with van der Waals surface area (Å²) in [6.07, 6.45) is 0.930. The summed E-state index contributed by atoms with van der Waals surface area (Å²) < 4.78 is 5.81. The average Bonchev–Trinajstić information content (AvgIpc) is 4.08. The minimum absolute atomic E-state index is 0. The van der Waals surface area contributed by atoms with Gasteiger partial charge in [0.05, 0.1) is 22.1 Å². The first-order valence-electron chi connectivity index (χ1n) is 26.1. The lowest BCUT2D eigenvalue weighted by Gasteiger charge is -2.09. The largest absolute Gasteiger partial charge is 0.399 e. The number of fused-ring (bicyclic) bond motifs is 6. The molecule has 80 heavy (non-hydrogen) atoms. The molecule has 2 N–H and O–H groups in total. The highest BCUT2D eigenvalue weighted by molar-refractivity contribution is 9.10. The molecule has 0 aliphatic heterocycles. The van der Waals surface area contributed by atoms with Gasteiger partial charge in [-0.25, -0.2) is 0 Å². The summed E-state index contributed by atoms with van der Waals surface area (Å²) in [7, 11) is 0. The number of aromatic nitrogens is 2. The standard InChI is InChI=1S/C37H27N.C24H16BrN.C12H11N.3CH4/c1-3-9-29(10-4-1)30-19-15-27(16-20-30)25-28-17-21-31(22-18-28)32-23-24-37-35(26-32)34-13-7-8-14-36(34)38(37)33-11-5-2-6-12-33;25-19-13-10-17(11-14-19)18-12-15-24-22(16-18)21-8-4-5-9-23(21)26(24)20-6-2-1-3-7-20;13-12-8-6-11(7-9-12)10-4-2-1-3-5-10;;;/h1-24,26H,25H2;1-16H;1-9H,13H2;3*1H4. The predicted molar refractivity (Wildman–Crippen MR) is 351 cm³/mol. The summed E-state index contributed by atoms with van der Waals surface area (Å²) in [6, 6.07) is 107. The topological polar surface area (TPSA) is 35.9 Å². The zero-order valence-corrected chi connectivity index (χ0v) is 44.0.